The monoisotopic (exact) mass is 276 g/mol. The molecule has 110 valence electrons. The summed E-state index contributed by atoms with van der Waals surface area (Å²) >= 11 is 0. The maximum atomic E-state index is 12.0. The minimum absolute atomic E-state index is 0.275. The van der Waals surface area contributed by atoms with Crippen LogP contribution in [0.1, 0.15) is 31.7 Å². The maximum Gasteiger partial charge on any atom is 0.222 e. The molecule has 0 aliphatic carbocycles. The van der Waals surface area contributed by atoms with Gasteiger partial charge in [-0.15, -0.1) is 0 Å². The normalized spacial score (nSPS) is 15.5. The van der Waals surface area contributed by atoms with Crippen molar-refractivity contribution in [3.05, 3.63) is 17.8 Å². The lowest BCUT2D eigenvalue weighted by atomic mass is 10.2. The van der Waals surface area contributed by atoms with Gasteiger partial charge in [0.1, 0.15) is 0 Å². The highest BCUT2D eigenvalue weighted by atomic mass is 16.2. The average molecular weight is 276 g/mol. The van der Waals surface area contributed by atoms with Crippen LogP contribution in [0.3, 0.4) is 0 Å². The molecule has 1 aliphatic heterocycles. The third kappa shape index (κ3) is 3.21. The molecule has 0 spiro atoms. The molecule has 1 aromatic rings. The van der Waals surface area contributed by atoms with Gasteiger partial charge in [-0.05, 0) is 25.0 Å². The van der Waals surface area contributed by atoms with E-state index in [0.29, 0.717) is 6.42 Å². The zero-order chi connectivity index (χ0) is 14.5. The highest BCUT2D eigenvalue weighted by molar-refractivity contribution is 5.76. The summed E-state index contributed by atoms with van der Waals surface area (Å²) in [5.41, 5.74) is 7.89. The molecule has 5 nitrogen and oxygen atoms in total. The summed E-state index contributed by atoms with van der Waals surface area (Å²) in [6.07, 6.45) is 4.50. The van der Waals surface area contributed by atoms with Crippen LogP contribution in [0.5, 0.6) is 0 Å². The van der Waals surface area contributed by atoms with Crippen molar-refractivity contribution in [2.45, 2.75) is 33.1 Å². The van der Waals surface area contributed by atoms with Crippen molar-refractivity contribution in [3.8, 4) is 0 Å². The molecule has 1 aromatic heterocycles. The number of unbranched alkanes of at least 4 members (excludes halogenated alkanes) is 1. The van der Waals surface area contributed by atoms with Gasteiger partial charge in [-0.1, -0.05) is 13.3 Å². The molecule has 2 rings (SSSR count). The van der Waals surface area contributed by atoms with Gasteiger partial charge in [0, 0.05) is 38.8 Å². The number of nitrogens with two attached hydrogens (primary N) is 1. The van der Waals surface area contributed by atoms with Crippen molar-refractivity contribution >= 4 is 17.4 Å². The molecule has 1 fully saturated rings. The maximum absolute atomic E-state index is 12.0. The van der Waals surface area contributed by atoms with Gasteiger partial charge in [0.25, 0.3) is 0 Å². The van der Waals surface area contributed by atoms with Gasteiger partial charge < -0.3 is 15.5 Å². The Bertz CT molecular complexity index is 467. The van der Waals surface area contributed by atoms with Crippen LogP contribution in [0.4, 0.5) is 11.5 Å². The first-order valence-electron chi connectivity index (χ1n) is 7.37. The number of carbonyl (C=O) groups excluding carboxylic acids is 1. The molecule has 1 amide bonds. The smallest absolute Gasteiger partial charge is 0.222 e. The summed E-state index contributed by atoms with van der Waals surface area (Å²) in [6.45, 7) is 7.23. The Hall–Kier alpha value is -1.78. The molecule has 2 N–H and O–H groups in total. The largest absolute Gasteiger partial charge is 0.396 e. The van der Waals surface area contributed by atoms with Crippen LogP contribution in [0, 0.1) is 6.92 Å². The van der Waals surface area contributed by atoms with Gasteiger partial charge in [-0.2, -0.15) is 0 Å². The van der Waals surface area contributed by atoms with Crippen LogP contribution in [-0.2, 0) is 4.79 Å². The van der Waals surface area contributed by atoms with Gasteiger partial charge in [0.05, 0.1) is 5.69 Å². The first-order chi connectivity index (χ1) is 9.63. The van der Waals surface area contributed by atoms with E-state index in [9.17, 15) is 4.79 Å². The fourth-order valence-electron chi connectivity index (χ4n) is 2.46. The number of carbonyl (C=O) groups is 1. The van der Waals surface area contributed by atoms with E-state index in [4.69, 9.17) is 5.73 Å². The lowest BCUT2D eigenvalue weighted by Gasteiger charge is -2.36. The molecule has 0 radical (unpaired) electrons. The van der Waals surface area contributed by atoms with E-state index < -0.39 is 0 Å². The molecular weight excluding hydrogens is 252 g/mol. The summed E-state index contributed by atoms with van der Waals surface area (Å²) < 4.78 is 0. The summed E-state index contributed by atoms with van der Waals surface area (Å²) in [4.78, 5) is 20.5. The van der Waals surface area contributed by atoms with E-state index in [-0.39, 0.29) is 5.91 Å². The number of aryl methyl sites for hydroxylation is 1. The second-order valence-corrected chi connectivity index (χ2v) is 5.34. The van der Waals surface area contributed by atoms with E-state index in [1.54, 1.807) is 6.20 Å². The zero-order valence-corrected chi connectivity index (χ0v) is 12.4. The lowest BCUT2D eigenvalue weighted by molar-refractivity contribution is -0.131. The number of nitrogen functional groups attached to an aromatic ring is 1. The Balaban J connectivity index is 1.94. The van der Waals surface area contributed by atoms with Crippen LogP contribution < -0.4 is 10.6 Å². The minimum atomic E-state index is 0.275. The Morgan fingerprint density at radius 2 is 2.05 bits per heavy atom. The number of aromatic nitrogens is 1. The van der Waals surface area contributed by atoms with E-state index >= 15 is 0 Å². The van der Waals surface area contributed by atoms with Crippen molar-refractivity contribution in [1.29, 1.82) is 0 Å². The van der Waals surface area contributed by atoms with E-state index in [2.05, 4.69) is 16.8 Å². The van der Waals surface area contributed by atoms with Crippen LogP contribution in [0.15, 0.2) is 12.3 Å². The number of hydrogen-bond acceptors (Lipinski definition) is 4. The molecule has 5 heteroatoms. The van der Waals surface area contributed by atoms with Gasteiger partial charge in [0.2, 0.25) is 5.91 Å². The number of amides is 1. The lowest BCUT2D eigenvalue weighted by Crippen LogP contribution is -2.49. The Kier molecular flexibility index (Phi) is 4.82. The van der Waals surface area contributed by atoms with Crippen LogP contribution in [0.25, 0.3) is 0 Å². The van der Waals surface area contributed by atoms with Crippen LogP contribution >= 0.6 is 0 Å². The highest BCUT2D eigenvalue weighted by Gasteiger charge is 2.22. The Labute approximate surface area is 120 Å². The molecule has 0 atom stereocenters. The molecule has 0 bridgehead atoms. The molecular formula is C15H24N4O. The van der Waals surface area contributed by atoms with Crippen molar-refractivity contribution < 1.29 is 4.79 Å². The standard InChI is InChI=1S/C15H24N4O/c1-3-4-5-13(20)18-8-10-19(11-9-18)15-14(16)12(2)6-7-17-15/h6-7H,3-5,8-11,16H2,1-2H3. The molecule has 2 heterocycles. The fourth-order valence-corrected chi connectivity index (χ4v) is 2.46. The zero-order valence-electron chi connectivity index (χ0n) is 12.4. The number of anilines is 2. The molecule has 0 aromatic carbocycles. The summed E-state index contributed by atoms with van der Waals surface area (Å²) in [6, 6.07) is 1.92. The van der Waals surface area contributed by atoms with E-state index in [1.807, 2.05) is 17.9 Å². The quantitative estimate of drug-likeness (QED) is 0.911. The molecule has 1 aliphatic rings. The summed E-state index contributed by atoms with van der Waals surface area (Å²) in [5.74, 6) is 1.13. The number of nitrogens with zero attached hydrogens (tertiary/aromatic N) is 3. The number of piperazine rings is 1. The van der Waals surface area contributed by atoms with Gasteiger partial charge in [-0.25, -0.2) is 4.98 Å². The van der Waals surface area contributed by atoms with E-state index in [0.717, 1.165) is 56.1 Å². The third-order valence-corrected chi connectivity index (χ3v) is 3.86. The highest BCUT2D eigenvalue weighted by Crippen LogP contribution is 2.24. The van der Waals surface area contributed by atoms with Gasteiger partial charge in [-0.3, -0.25) is 4.79 Å². The third-order valence-electron chi connectivity index (χ3n) is 3.86. The Morgan fingerprint density at radius 1 is 1.35 bits per heavy atom. The van der Waals surface area contributed by atoms with Crippen LogP contribution in [0.2, 0.25) is 0 Å². The average Bonchev–Trinajstić information content (AvgIpc) is 2.48. The first kappa shape index (κ1) is 14.6. The fraction of sp³-hybridized carbons (Fsp3) is 0.600. The molecule has 1 saturated heterocycles. The first-order valence-corrected chi connectivity index (χ1v) is 7.37. The van der Waals surface area contributed by atoms with Crippen molar-refractivity contribution in [3.63, 3.8) is 0 Å². The van der Waals surface area contributed by atoms with Crippen molar-refractivity contribution in [2.24, 2.45) is 0 Å². The number of hydrogen-bond donors (Lipinski definition) is 1. The number of rotatable bonds is 4. The summed E-state index contributed by atoms with van der Waals surface area (Å²) in [5, 5.41) is 0. The molecule has 0 saturated carbocycles. The van der Waals surface area contributed by atoms with Gasteiger partial charge in [0.15, 0.2) is 5.82 Å². The topological polar surface area (TPSA) is 62.5 Å². The second-order valence-electron chi connectivity index (χ2n) is 5.34. The van der Waals surface area contributed by atoms with Crippen molar-refractivity contribution in [1.82, 2.24) is 9.88 Å². The molecule has 20 heavy (non-hydrogen) atoms. The van der Waals surface area contributed by atoms with Crippen LogP contribution in [-0.4, -0.2) is 42.0 Å². The predicted molar refractivity (Wildman–Crippen MR) is 81.7 cm³/mol. The van der Waals surface area contributed by atoms with Gasteiger partial charge >= 0.3 is 0 Å². The number of pyridine rings is 1. The SMILES string of the molecule is CCCCC(=O)N1CCN(c2nccc(C)c2N)CC1. The van der Waals surface area contributed by atoms with Crippen molar-refractivity contribution in [2.75, 3.05) is 36.8 Å². The second kappa shape index (κ2) is 6.59. The van der Waals surface area contributed by atoms with E-state index in [1.165, 1.54) is 0 Å². The minimum Gasteiger partial charge on any atom is -0.396 e. The summed E-state index contributed by atoms with van der Waals surface area (Å²) in [7, 11) is 0. The Morgan fingerprint density at radius 3 is 2.70 bits per heavy atom. The predicted octanol–water partition coefficient (Wildman–Crippen LogP) is 1.81. The molecule has 0 unspecified atom stereocenters.